The van der Waals surface area contributed by atoms with Crippen LogP contribution in [0.3, 0.4) is 0 Å². The number of hydrogen-bond donors (Lipinski definition) is 2. The molecule has 0 spiro atoms. The minimum atomic E-state index is -0.576. The Labute approximate surface area is 163 Å². The van der Waals surface area contributed by atoms with Gasteiger partial charge in [-0.15, -0.1) is 10.2 Å². The van der Waals surface area contributed by atoms with Crippen molar-refractivity contribution in [2.75, 3.05) is 10.6 Å². The smallest absolute Gasteiger partial charge is 0.237 e. The van der Waals surface area contributed by atoms with E-state index in [2.05, 4.69) is 20.8 Å². The van der Waals surface area contributed by atoms with Crippen molar-refractivity contribution in [2.45, 2.75) is 16.5 Å². The first kappa shape index (κ1) is 18.6. The van der Waals surface area contributed by atoms with Crippen LogP contribution in [0.2, 0.25) is 5.02 Å². The molecule has 1 aromatic heterocycles. The number of aromatic nitrogens is 2. The topological polar surface area (TPSA) is 66.9 Å². The average Bonchev–Trinajstić information content (AvgIpc) is 3.05. The maximum atomic E-state index is 13.8. The predicted octanol–water partition coefficient (Wildman–Crippen LogP) is 5.19. The molecule has 0 aliphatic heterocycles. The van der Waals surface area contributed by atoms with E-state index in [0.29, 0.717) is 9.47 Å². The van der Waals surface area contributed by atoms with Gasteiger partial charge in [0.25, 0.3) is 0 Å². The summed E-state index contributed by atoms with van der Waals surface area (Å²) in [7, 11) is 0. The summed E-state index contributed by atoms with van der Waals surface area (Å²) < 4.78 is 14.4. The number of nitrogens with zero attached hydrogens (tertiary/aromatic N) is 2. The Hall–Kier alpha value is -2.16. The van der Waals surface area contributed by atoms with E-state index in [1.807, 2.05) is 30.3 Å². The molecule has 0 radical (unpaired) electrons. The van der Waals surface area contributed by atoms with E-state index in [1.165, 1.54) is 35.2 Å². The lowest BCUT2D eigenvalue weighted by atomic mass is 10.3. The van der Waals surface area contributed by atoms with E-state index in [-0.39, 0.29) is 16.6 Å². The fourth-order valence-electron chi connectivity index (χ4n) is 1.98. The first-order valence-electron chi connectivity index (χ1n) is 7.59. The van der Waals surface area contributed by atoms with Gasteiger partial charge in [0.15, 0.2) is 4.34 Å². The highest BCUT2D eigenvalue weighted by Gasteiger charge is 2.18. The molecule has 3 rings (SSSR count). The van der Waals surface area contributed by atoms with Crippen LogP contribution in [-0.2, 0) is 4.79 Å². The lowest BCUT2D eigenvalue weighted by Gasteiger charge is -2.11. The number of para-hydroxylation sites is 1. The van der Waals surface area contributed by atoms with Gasteiger partial charge in [-0.3, -0.25) is 4.79 Å². The second-order valence-electron chi connectivity index (χ2n) is 5.24. The summed E-state index contributed by atoms with van der Waals surface area (Å²) in [6, 6.07) is 13.7. The zero-order valence-electron chi connectivity index (χ0n) is 13.6. The van der Waals surface area contributed by atoms with Gasteiger partial charge in [-0.2, -0.15) is 0 Å². The highest BCUT2D eigenvalue weighted by Crippen LogP contribution is 2.31. The molecule has 5 nitrogen and oxygen atoms in total. The Morgan fingerprint density at radius 3 is 2.73 bits per heavy atom. The molecule has 26 heavy (non-hydrogen) atoms. The minimum Gasteiger partial charge on any atom is -0.330 e. The van der Waals surface area contributed by atoms with Crippen molar-refractivity contribution >= 4 is 57.1 Å². The fourth-order valence-corrected chi connectivity index (χ4v) is 4.06. The van der Waals surface area contributed by atoms with Crippen LogP contribution in [0.1, 0.15) is 6.92 Å². The van der Waals surface area contributed by atoms with Gasteiger partial charge in [-0.25, -0.2) is 4.39 Å². The Morgan fingerprint density at radius 2 is 2.00 bits per heavy atom. The number of rotatable bonds is 6. The normalized spacial score (nSPS) is 11.8. The van der Waals surface area contributed by atoms with Gasteiger partial charge >= 0.3 is 0 Å². The first-order valence-corrected chi connectivity index (χ1v) is 9.67. The molecule has 0 aliphatic rings. The summed E-state index contributed by atoms with van der Waals surface area (Å²) in [6.45, 7) is 1.72. The Bertz CT molecular complexity index is 907. The van der Waals surface area contributed by atoms with Crippen molar-refractivity contribution < 1.29 is 9.18 Å². The standard InChI is InChI=1S/C17H14ClFN4OS2/c1-10(15(24)21-14-8-7-11(18)9-13(14)19)25-17-23-22-16(26-17)20-12-5-3-2-4-6-12/h2-10H,1H3,(H,20,22)(H,21,24)/t10-/m0/s1. The molecule has 9 heteroatoms. The molecule has 2 aromatic carbocycles. The highest BCUT2D eigenvalue weighted by molar-refractivity contribution is 8.02. The third-order valence-electron chi connectivity index (χ3n) is 3.27. The van der Waals surface area contributed by atoms with Crippen LogP contribution >= 0.6 is 34.7 Å². The summed E-state index contributed by atoms with van der Waals surface area (Å²) in [4.78, 5) is 12.3. The number of hydrogen-bond acceptors (Lipinski definition) is 6. The molecule has 0 saturated carbocycles. The van der Waals surface area contributed by atoms with Gasteiger partial charge in [0.05, 0.1) is 10.9 Å². The molecular weight excluding hydrogens is 395 g/mol. The fraction of sp³-hybridized carbons (Fsp3) is 0.118. The summed E-state index contributed by atoms with van der Waals surface area (Å²) in [5, 5.41) is 14.3. The number of amides is 1. The number of benzene rings is 2. The van der Waals surface area contributed by atoms with Gasteiger partial charge in [0.2, 0.25) is 11.0 Å². The van der Waals surface area contributed by atoms with Crippen LogP contribution in [0.25, 0.3) is 0 Å². The van der Waals surface area contributed by atoms with Gasteiger partial charge in [0.1, 0.15) is 5.82 Å². The Balaban J connectivity index is 1.59. The summed E-state index contributed by atoms with van der Waals surface area (Å²) in [5.74, 6) is -0.905. The van der Waals surface area contributed by atoms with Crippen molar-refractivity contribution in [3.05, 3.63) is 59.4 Å². The van der Waals surface area contributed by atoms with Crippen molar-refractivity contribution in [3.63, 3.8) is 0 Å². The summed E-state index contributed by atoms with van der Waals surface area (Å²) in [5.41, 5.74) is 1.000. The predicted molar refractivity (Wildman–Crippen MR) is 105 cm³/mol. The largest absolute Gasteiger partial charge is 0.330 e. The van der Waals surface area contributed by atoms with Crippen molar-refractivity contribution in [2.24, 2.45) is 0 Å². The number of carbonyl (C=O) groups excluding carboxylic acids is 1. The molecule has 1 atom stereocenters. The molecule has 3 aromatic rings. The number of nitrogens with one attached hydrogen (secondary N) is 2. The van der Waals surface area contributed by atoms with Crippen LogP contribution in [0.4, 0.5) is 20.9 Å². The number of carbonyl (C=O) groups is 1. The zero-order valence-corrected chi connectivity index (χ0v) is 16.0. The third kappa shape index (κ3) is 4.94. The van der Waals surface area contributed by atoms with E-state index >= 15 is 0 Å². The Morgan fingerprint density at radius 1 is 1.23 bits per heavy atom. The van der Waals surface area contributed by atoms with E-state index in [0.717, 1.165) is 11.8 Å². The van der Waals surface area contributed by atoms with Crippen LogP contribution in [0.5, 0.6) is 0 Å². The van der Waals surface area contributed by atoms with Crippen LogP contribution in [-0.4, -0.2) is 21.4 Å². The zero-order chi connectivity index (χ0) is 18.5. The second kappa shape index (κ2) is 8.48. The van der Waals surface area contributed by atoms with Gasteiger partial charge in [0, 0.05) is 10.7 Å². The van der Waals surface area contributed by atoms with Crippen LogP contribution in [0, 0.1) is 5.82 Å². The Kier molecular flexibility index (Phi) is 6.08. The minimum absolute atomic E-state index is 0.0931. The molecule has 0 fully saturated rings. The summed E-state index contributed by atoms with van der Waals surface area (Å²) in [6.07, 6.45) is 0. The van der Waals surface area contributed by atoms with E-state index in [1.54, 1.807) is 6.92 Å². The maximum absolute atomic E-state index is 13.8. The molecule has 0 bridgehead atoms. The average molecular weight is 409 g/mol. The lowest BCUT2D eigenvalue weighted by Crippen LogP contribution is -2.22. The molecule has 0 saturated heterocycles. The first-order chi connectivity index (χ1) is 12.5. The molecular formula is C17H14ClFN4OS2. The molecule has 0 aliphatic carbocycles. The monoisotopic (exact) mass is 408 g/mol. The lowest BCUT2D eigenvalue weighted by molar-refractivity contribution is -0.115. The SMILES string of the molecule is C[C@H](Sc1nnc(Nc2ccccc2)s1)C(=O)Nc1ccc(Cl)cc1F. The third-order valence-corrected chi connectivity index (χ3v) is 5.53. The maximum Gasteiger partial charge on any atom is 0.237 e. The second-order valence-corrected chi connectivity index (χ2v) is 8.24. The van der Waals surface area contributed by atoms with E-state index < -0.39 is 11.1 Å². The molecule has 134 valence electrons. The van der Waals surface area contributed by atoms with E-state index in [4.69, 9.17) is 11.6 Å². The van der Waals surface area contributed by atoms with Gasteiger partial charge < -0.3 is 10.6 Å². The van der Waals surface area contributed by atoms with Gasteiger partial charge in [-0.1, -0.05) is 52.9 Å². The van der Waals surface area contributed by atoms with Crippen LogP contribution < -0.4 is 10.6 Å². The number of anilines is 3. The molecule has 0 unspecified atom stereocenters. The quantitative estimate of drug-likeness (QED) is 0.549. The van der Waals surface area contributed by atoms with Crippen molar-refractivity contribution in [3.8, 4) is 0 Å². The number of halogens is 2. The van der Waals surface area contributed by atoms with Crippen molar-refractivity contribution in [1.82, 2.24) is 10.2 Å². The molecule has 2 N–H and O–H groups in total. The highest BCUT2D eigenvalue weighted by atomic mass is 35.5. The molecule has 1 amide bonds. The van der Waals surface area contributed by atoms with E-state index in [9.17, 15) is 9.18 Å². The summed E-state index contributed by atoms with van der Waals surface area (Å²) >= 11 is 8.31. The van der Waals surface area contributed by atoms with Crippen molar-refractivity contribution in [1.29, 1.82) is 0 Å². The van der Waals surface area contributed by atoms with Gasteiger partial charge in [-0.05, 0) is 37.3 Å². The molecule has 1 heterocycles. The van der Waals surface area contributed by atoms with Crippen LogP contribution in [0.15, 0.2) is 52.9 Å². The number of thioether (sulfide) groups is 1.